The van der Waals surface area contributed by atoms with Crippen molar-refractivity contribution in [2.45, 2.75) is 13.8 Å². The van der Waals surface area contributed by atoms with E-state index in [0.29, 0.717) is 5.88 Å². The molecule has 0 radical (unpaired) electrons. The van der Waals surface area contributed by atoms with Crippen molar-refractivity contribution in [3.05, 3.63) is 12.3 Å². The molecule has 0 fully saturated rings. The van der Waals surface area contributed by atoms with Crippen LogP contribution in [-0.2, 0) is 0 Å². The third kappa shape index (κ3) is 3.40. The Bertz CT molecular complexity index is 203. The molecule has 0 spiro atoms. The summed E-state index contributed by atoms with van der Waals surface area (Å²) in [7, 11) is 1.53. The molecule has 1 aromatic rings. The first-order chi connectivity index (χ1) is 5.33. The second-order valence-corrected chi connectivity index (χ2v) is 1.46. The van der Waals surface area contributed by atoms with Crippen molar-refractivity contribution in [3.8, 4) is 5.88 Å². The summed E-state index contributed by atoms with van der Waals surface area (Å²) in [4.78, 5) is 7.41. The minimum absolute atomic E-state index is 0.231. The van der Waals surface area contributed by atoms with Gasteiger partial charge in [-0.3, -0.25) is 0 Å². The van der Waals surface area contributed by atoms with Crippen LogP contribution in [0.1, 0.15) is 13.8 Å². The number of methoxy groups -OCH3 is 1. The van der Waals surface area contributed by atoms with E-state index in [4.69, 9.17) is 10.5 Å². The molecule has 0 aliphatic rings. The second-order valence-electron chi connectivity index (χ2n) is 1.46. The molecule has 0 aliphatic heterocycles. The summed E-state index contributed by atoms with van der Waals surface area (Å²) in [6, 6.07) is 1.64. The summed E-state index contributed by atoms with van der Waals surface area (Å²) in [5.74, 6) is 0.719. The van der Waals surface area contributed by atoms with Gasteiger partial charge in [-0.25, -0.2) is 4.98 Å². The molecule has 0 saturated carbocycles. The lowest BCUT2D eigenvalue weighted by Gasteiger charge is -1.95. The second kappa shape index (κ2) is 5.46. The molecule has 4 heteroatoms. The Balaban J connectivity index is 0.000000461. The highest BCUT2D eigenvalue weighted by atomic mass is 16.5. The van der Waals surface area contributed by atoms with Crippen LogP contribution in [-0.4, -0.2) is 17.1 Å². The number of anilines is 1. The van der Waals surface area contributed by atoms with Gasteiger partial charge in [-0.15, -0.1) is 0 Å². The van der Waals surface area contributed by atoms with Crippen molar-refractivity contribution >= 4 is 5.95 Å². The first-order valence-electron chi connectivity index (χ1n) is 3.45. The smallest absolute Gasteiger partial charge is 0.223 e. The fraction of sp³-hybridized carbons (Fsp3) is 0.429. The van der Waals surface area contributed by atoms with Crippen LogP contribution >= 0.6 is 0 Å². The summed E-state index contributed by atoms with van der Waals surface area (Å²) in [5.41, 5.74) is 5.23. The maximum absolute atomic E-state index is 5.23. The van der Waals surface area contributed by atoms with Crippen molar-refractivity contribution in [3.63, 3.8) is 0 Å². The minimum Gasteiger partial charge on any atom is -0.481 e. The molecule has 1 aromatic heterocycles. The average Bonchev–Trinajstić information content (AvgIpc) is 2.08. The van der Waals surface area contributed by atoms with E-state index in [0.717, 1.165) is 0 Å². The van der Waals surface area contributed by atoms with Crippen molar-refractivity contribution in [2.75, 3.05) is 12.8 Å². The fourth-order valence-corrected chi connectivity index (χ4v) is 0.470. The molecule has 0 saturated heterocycles. The van der Waals surface area contributed by atoms with Crippen LogP contribution < -0.4 is 10.5 Å². The quantitative estimate of drug-likeness (QED) is 0.659. The van der Waals surface area contributed by atoms with Gasteiger partial charge in [0.15, 0.2) is 0 Å². The molecule has 62 valence electrons. The Kier molecular flexibility index (Phi) is 4.81. The van der Waals surface area contributed by atoms with Crippen molar-refractivity contribution in [1.29, 1.82) is 0 Å². The van der Waals surface area contributed by atoms with E-state index in [9.17, 15) is 0 Å². The fourth-order valence-electron chi connectivity index (χ4n) is 0.470. The lowest BCUT2D eigenvalue weighted by molar-refractivity contribution is 0.397. The Morgan fingerprint density at radius 2 is 2.09 bits per heavy atom. The molecule has 1 heterocycles. The third-order valence-electron chi connectivity index (χ3n) is 0.858. The monoisotopic (exact) mass is 155 g/mol. The molecule has 4 nitrogen and oxygen atoms in total. The summed E-state index contributed by atoms with van der Waals surface area (Å²) >= 11 is 0. The summed E-state index contributed by atoms with van der Waals surface area (Å²) in [5, 5.41) is 0. The number of hydrogen-bond donors (Lipinski definition) is 1. The van der Waals surface area contributed by atoms with Crippen LogP contribution in [0.15, 0.2) is 12.3 Å². The molecule has 0 amide bonds. The van der Waals surface area contributed by atoms with E-state index in [1.165, 1.54) is 7.11 Å². The van der Waals surface area contributed by atoms with E-state index in [-0.39, 0.29) is 5.95 Å². The van der Waals surface area contributed by atoms with Gasteiger partial charge >= 0.3 is 0 Å². The number of ether oxygens (including phenoxy) is 1. The average molecular weight is 155 g/mol. The van der Waals surface area contributed by atoms with Crippen molar-refractivity contribution in [1.82, 2.24) is 9.97 Å². The Morgan fingerprint density at radius 3 is 2.45 bits per heavy atom. The molecule has 0 aromatic carbocycles. The predicted octanol–water partition coefficient (Wildman–Crippen LogP) is 1.09. The van der Waals surface area contributed by atoms with Crippen LogP contribution in [0.5, 0.6) is 5.88 Å². The minimum atomic E-state index is 0.231. The number of hydrogen-bond acceptors (Lipinski definition) is 4. The van der Waals surface area contributed by atoms with Gasteiger partial charge in [-0.2, -0.15) is 4.98 Å². The zero-order chi connectivity index (χ0) is 8.69. The zero-order valence-corrected chi connectivity index (χ0v) is 7.03. The van der Waals surface area contributed by atoms with E-state index in [1.807, 2.05) is 13.8 Å². The first-order valence-corrected chi connectivity index (χ1v) is 3.45. The van der Waals surface area contributed by atoms with Gasteiger partial charge in [0.1, 0.15) is 0 Å². The molecule has 0 aliphatic carbocycles. The van der Waals surface area contributed by atoms with Crippen LogP contribution in [0, 0.1) is 0 Å². The molecule has 2 N–H and O–H groups in total. The first kappa shape index (κ1) is 9.68. The summed E-state index contributed by atoms with van der Waals surface area (Å²) in [6.07, 6.45) is 1.54. The number of aromatic nitrogens is 2. The van der Waals surface area contributed by atoms with Gasteiger partial charge < -0.3 is 10.5 Å². The van der Waals surface area contributed by atoms with Crippen LogP contribution in [0.2, 0.25) is 0 Å². The molecule has 0 unspecified atom stereocenters. The number of nitrogen functional groups attached to an aromatic ring is 1. The van der Waals surface area contributed by atoms with Gasteiger partial charge in [-0.05, 0) is 0 Å². The Morgan fingerprint density at radius 1 is 1.45 bits per heavy atom. The van der Waals surface area contributed by atoms with E-state index in [2.05, 4.69) is 9.97 Å². The Hall–Kier alpha value is -1.32. The number of rotatable bonds is 1. The molecular formula is C7H13N3O. The topological polar surface area (TPSA) is 61.0 Å². The van der Waals surface area contributed by atoms with Gasteiger partial charge in [0.05, 0.1) is 7.11 Å². The predicted molar refractivity (Wildman–Crippen MR) is 44.3 cm³/mol. The lowest BCUT2D eigenvalue weighted by atomic mass is 10.6. The van der Waals surface area contributed by atoms with E-state index in [1.54, 1.807) is 12.3 Å². The summed E-state index contributed by atoms with van der Waals surface area (Å²) in [6.45, 7) is 4.00. The standard InChI is InChI=1S/C5H7N3O.C2H6/c1-9-4-2-3-7-5(6)8-4;1-2/h2-3H,1H3,(H2,6,7,8);1-2H3. The van der Waals surface area contributed by atoms with Crippen molar-refractivity contribution < 1.29 is 4.74 Å². The molecule has 0 bridgehead atoms. The van der Waals surface area contributed by atoms with E-state index < -0.39 is 0 Å². The largest absolute Gasteiger partial charge is 0.481 e. The maximum Gasteiger partial charge on any atom is 0.223 e. The Labute approximate surface area is 66.4 Å². The highest BCUT2D eigenvalue weighted by molar-refractivity contribution is 5.20. The van der Waals surface area contributed by atoms with Crippen LogP contribution in [0.3, 0.4) is 0 Å². The van der Waals surface area contributed by atoms with Gasteiger partial charge in [0.2, 0.25) is 11.8 Å². The van der Waals surface area contributed by atoms with Gasteiger partial charge in [-0.1, -0.05) is 13.8 Å². The molecule has 0 atom stereocenters. The molecule has 11 heavy (non-hydrogen) atoms. The SMILES string of the molecule is CC.COc1ccnc(N)n1. The molecule has 1 rings (SSSR count). The maximum atomic E-state index is 5.23. The van der Waals surface area contributed by atoms with Gasteiger partial charge in [0.25, 0.3) is 0 Å². The zero-order valence-electron chi connectivity index (χ0n) is 7.03. The molecular weight excluding hydrogens is 142 g/mol. The number of nitrogens with zero attached hydrogens (tertiary/aromatic N) is 2. The van der Waals surface area contributed by atoms with Crippen molar-refractivity contribution in [2.24, 2.45) is 0 Å². The van der Waals surface area contributed by atoms with E-state index >= 15 is 0 Å². The third-order valence-corrected chi connectivity index (χ3v) is 0.858. The van der Waals surface area contributed by atoms with Crippen LogP contribution in [0.25, 0.3) is 0 Å². The lowest BCUT2D eigenvalue weighted by Crippen LogP contribution is -1.95. The highest BCUT2D eigenvalue weighted by Gasteiger charge is 1.90. The summed E-state index contributed by atoms with van der Waals surface area (Å²) < 4.78 is 4.76. The highest BCUT2D eigenvalue weighted by Crippen LogP contribution is 2.02. The van der Waals surface area contributed by atoms with Crippen LogP contribution in [0.4, 0.5) is 5.95 Å². The number of nitrogens with two attached hydrogens (primary N) is 1. The normalized spacial score (nSPS) is 7.91. The van der Waals surface area contributed by atoms with Gasteiger partial charge in [0, 0.05) is 12.3 Å².